The van der Waals surface area contributed by atoms with Crippen LogP contribution >= 0.6 is 0 Å². The molecule has 0 saturated carbocycles. The third-order valence-electron chi connectivity index (χ3n) is 5.04. The van der Waals surface area contributed by atoms with E-state index in [-0.39, 0.29) is 0 Å². The van der Waals surface area contributed by atoms with E-state index < -0.39 is 0 Å². The van der Waals surface area contributed by atoms with Crippen LogP contribution in [0.3, 0.4) is 0 Å². The van der Waals surface area contributed by atoms with Crippen LogP contribution in [0.2, 0.25) is 0 Å². The minimum Gasteiger partial charge on any atom is -0.317 e. The van der Waals surface area contributed by atoms with Crippen LogP contribution in [-0.2, 0) is 0 Å². The summed E-state index contributed by atoms with van der Waals surface area (Å²) >= 11 is 0. The minimum absolute atomic E-state index is 0.766. The van der Waals surface area contributed by atoms with Crippen molar-refractivity contribution in [1.82, 2.24) is 15.1 Å². The molecule has 2 aliphatic rings. The Balaban J connectivity index is 1.58. The Morgan fingerprint density at radius 3 is 2.80 bits per heavy atom. The van der Waals surface area contributed by atoms with Crippen molar-refractivity contribution in [1.29, 1.82) is 0 Å². The van der Waals surface area contributed by atoms with Gasteiger partial charge in [-0.15, -0.1) is 0 Å². The number of nitrogens with one attached hydrogen (secondary N) is 1. The van der Waals surface area contributed by atoms with Crippen LogP contribution in [0.1, 0.15) is 58.8 Å². The fraction of sp³-hybridized carbons (Fsp3) is 1.00. The van der Waals surface area contributed by atoms with Crippen LogP contribution in [0.25, 0.3) is 0 Å². The Kier molecular flexibility index (Phi) is 7.32. The van der Waals surface area contributed by atoms with Gasteiger partial charge in [-0.05, 0) is 65.2 Å². The van der Waals surface area contributed by atoms with Crippen molar-refractivity contribution < 1.29 is 0 Å². The van der Waals surface area contributed by atoms with Gasteiger partial charge in [-0.25, -0.2) is 0 Å². The second-order valence-corrected chi connectivity index (χ2v) is 6.80. The van der Waals surface area contributed by atoms with Crippen LogP contribution in [-0.4, -0.2) is 61.2 Å². The van der Waals surface area contributed by atoms with Crippen molar-refractivity contribution in [3.8, 4) is 0 Å². The molecule has 2 saturated heterocycles. The second-order valence-electron chi connectivity index (χ2n) is 6.80. The van der Waals surface area contributed by atoms with Gasteiger partial charge in [0.15, 0.2) is 0 Å². The maximum absolute atomic E-state index is 3.50. The summed E-state index contributed by atoms with van der Waals surface area (Å²) in [7, 11) is 0. The minimum atomic E-state index is 0.766. The first-order chi connectivity index (χ1) is 9.81. The molecule has 20 heavy (non-hydrogen) atoms. The quantitative estimate of drug-likeness (QED) is 0.690. The summed E-state index contributed by atoms with van der Waals surface area (Å²) < 4.78 is 0. The predicted molar refractivity (Wildman–Crippen MR) is 87.3 cm³/mol. The Morgan fingerprint density at radius 1 is 1.05 bits per heavy atom. The number of piperidine rings is 1. The lowest BCUT2D eigenvalue weighted by atomic mass is 9.97. The van der Waals surface area contributed by atoms with Crippen molar-refractivity contribution in [2.75, 3.05) is 39.3 Å². The largest absolute Gasteiger partial charge is 0.317 e. The molecule has 2 heterocycles. The van der Waals surface area contributed by atoms with E-state index in [1.807, 2.05) is 0 Å². The molecular formula is C17H35N3. The molecule has 0 radical (unpaired) electrons. The van der Waals surface area contributed by atoms with E-state index in [2.05, 4.69) is 29.0 Å². The lowest BCUT2D eigenvalue weighted by Gasteiger charge is -2.47. The van der Waals surface area contributed by atoms with Gasteiger partial charge in [0.25, 0.3) is 0 Å². The average Bonchev–Trinajstić information content (AvgIpc) is 2.46. The monoisotopic (exact) mass is 281 g/mol. The molecule has 0 aromatic rings. The van der Waals surface area contributed by atoms with Gasteiger partial charge in [0.2, 0.25) is 0 Å². The van der Waals surface area contributed by atoms with Crippen molar-refractivity contribution in [3.63, 3.8) is 0 Å². The SMILES string of the molecule is CCCNCCCCCN1CC2CCCCN2CC1C. The number of unbranched alkanes of at least 4 members (excludes halogenated alkanes) is 2. The number of fused-ring (bicyclic) bond motifs is 1. The lowest BCUT2D eigenvalue weighted by molar-refractivity contribution is 0.0146. The Morgan fingerprint density at radius 2 is 1.95 bits per heavy atom. The topological polar surface area (TPSA) is 18.5 Å². The van der Waals surface area contributed by atoms with Crippen LogP contribution < -0.4 is 5.32 Å². The van der Waals surface area contributed by atoms with E-state index >= 15 is 0 Å². The molecule has 0 bridgehead atoms. The highest BCUT2D eigenvalue weighted by Crippen LogP contribution is 2.24. The lowest BCUT2D eigenvalue weighted by Crippen LogP contribution is -2.58. The van der Waals surface area contributed by atoms with Gasteiger partial charge >= 0.3 is 0 Å². The zero-order valence-electron chi connectivity index (χ0n) is 13.7. The van der Waals surface area contributed by atoms with Gasteiger partial charge in [0.05, 0.1) is 0 Å². The van der Waals surface area contributed by atoms with Gasteiger partial charge in [-0.1, -0.05) is 19.8 Å². The summed E-state index contributed by atoms with van der Waals surface area (Å²) in [4.78, 5) is 5.51. The van der Waals surface area contributed by atoms with Gasteiger partial charge in [0, 0.05) is 25.2 Å². The van der Waals surface area contributed by atoms with Crippen LogP contribution in [0.5, 0.6) is 0 Å². The van der Waals surface area contributed by atoms with Crippen LogP contribution in [0, 0.1) is 0 Å². The molecule has 0 aromatic heterocycles. The first kappa shape index (κ1) is 16.3. The van der Waals surface area contributed by atoms with E-state index in [0.717, 1.165) is 12.1 Å². The second kappa shape index (κ2) is 9.01. The molecule has 2 aliphatic heterocycles. The molecule has 2 fully saturated rings. The van der Waals surface area contributed by atoms with Gasteiger partial charge in [0.1, 0.15) is 0 Å². The Bertz CT molecular complexity index is 257. The summed E-state index contributed by atoms with van der Waals surface area (Å²) in [5, 5.41) is 3.50. The summed E-state index contributed by atoms with van der Waals surface area (Å²) in [6.07, 6.45) is 9.67. The van der Waals surface area contributed by atoms with Crippen LogP contribution in [0.4, 0.5) is 0 Å². The Hall–Kier alpha value is -0.120. The van der Waals surface area contributed by atoms with Gasteiger partial charge in [-0.2, -0.15) is 0 Å². The predicted octanol–water partition coefficient (Wildman–Crippen LogP) is 2.71. The number of rotatable bonds is 8. The number of hydrogen-bond acceptors (Lipinski definition) is 3. The summed E-state index contributed by atoms with van der Waals surface area (Å²) in [5.41, 5.74) is 0. The standard InChI is InChI=1S/C17H35N3/c1-3-10-18-11-6-4-7-12-19-15-17-9-5-8-13-20(17)14-16(19)2/h16-18H,3-15H2,1-2H3. The molecule has 0 aromatic carbocycles. The van der Waals surface area contributed by atoms with E-state index in [1.54, 1.807) is 0 Å². The van der Waals surface area contributed by atoms with E-state index in [1.165, 1.54) is 84.2 Å². The van der Waals surface area contributed by atoms with Gasteiger partial charge < -0.3 is 5.32 Å². The zero-order valence-corrected chi connectivity index (χ0v) is 13.7. The number of nitrogens with zero attached hydrogens (tertiary/aromatic N) is 2. The van der Waals surface area contributed by atoms with E-state index in [9.17, 15) is 0 Å². The number of hydrogen-bond donors (Lipinski definition) is 1. The summed E-state index contributed by atoms with van der Waals surface area (Å²) in [6, 6.07) is 1.63. The smallest absolute Gasteiger partial charge is 0.0223 e. The Labute approximate surface area is 126 Å². The van der Waals surface area contributed by atoms with E-state index in [4.69, 9.17) is 0 Å². The van der Waals surface area contributed by atoms with Crippen molar-refractivity contribution in [2.45, 2.75) is 70.9 Å². The molecule has 1 N–H and O–H groups in total. The third kappa shape index (κ3) is 5.01. The maximum atomic E-state index is 3.50. The van der Waals surface area contributed by atoms with Gasteiger partial charge in [-0.3, -0.25) is 9.80 Å². The average molecular weight is 281 g/mol. The highest BCUT2D eigenvalue weighted by atomic mass is 15.3. The maximum Gasteiger partial charge on any atom is 0.0223 e. The highest BCUT2D eigenvalue weighted by Gasteiger charge is 2.32. The molecule has 0 amide bonds. The fourth-order valence-corrected chi connectivity index (χ4v) is 3.77. The van der Waals surface area contributed by atoms with Crippen molar-refractivity contribution in [3.05, 3.63) is 0 Å². The van der Waals surface area contributed by atoms with E-state index in [0.29, 0.717) is 0 Å². The first-order valence-electron chi connectivity index (χ1n) is 9.00. The normalized spacial score (nSPS) is 28.5. The molecule has 0 aliphatic carbocycles. The molecule has 2 rings (SSSR count). The molecule has 3 heteroatoms. The summed E-state index contributed by atoms with van der Waals surface area (Å²) in [6.45, 7) is 12.4. The summed E-state index contributed by atoms with van der Waals surface area (Å²) in [5.74, 6) is 0. The number of piperazine rings is 1. The highest BCUT2D eigenvalue weighted by molar-refractivity contribution is 4.88. The third-order valence-corrected chi connectivity index (χ3v) is 5.04. The molecule has 118 valence electrons. The first-order valence-corrected chi connectivity index (χ1v) is 9.00. The zero-order chi connectivity index (χ0) is 14.2. The van der Waals surface area contributed by atoms with Crippen molar-refractivity contribution in [2.24, 2.45) is 0 Å². The fourth-order valence-electron chi connectivity index (χ4n) is 3.77. The van der Waals surface area contributed by atoms with Crippen molar-refractivity contribution >= 4 is 0 Å². The molecular weight excluding hydrogens is 246 g/mol. The molecule has 0 spiro atoms. The molecule has 2 unspecified atom stereocenters. The molecule has 3 nitrogen and oxygen atoms in total. The van der Waals surface area contributed by atoms with Crippen LogP contribution in [0.15, 0.2) is 0 Å². The molecule has 2 atom stereocenters.